The molecule has 2 aromatic heterocycles. The molecule has 12 heteroatoms. The van der Waals surface area contributed by atoms with Crippen molar-refractivity contribution in [3.63, 3.8) is 0 Å². The van der Waals surface area contributed by atoms with Gasteiger partial charge in [0.05, 0.1) is 18.5 Å². The number of carbonyl (C=O) groups excluding carboxylic acids is 1. The lowest BCUT2D eigenvalue weighted by Gasteiger charge is -2.14. The largest absolute Gasteiger partial charge is 0.453 e. The van der Waals surface area contributed by atoms with E-state index >= 15 is 4.39 Å². The van der Waals surface area contributed by atoms with E-state index in [-0.39, 0.29) is 23.3 Å². The molecular weight excluding hydrogens is 481 g/mol. The van der Waals surface area contributed by atoms with E-state index in [1.807, 2.05) is 27.0 Å². The van der Waals surface area contributed by atoms with Crippen LogP contribution in [0.1, 0.15) is 26.8 Å². The molecule has 0 aliphatic carbocycles. The van der Waals surface area contributed by atoms with Crippen LogP contribution in [0.15, 0.2) is 30.6 Å². The Morgan fingerprint density at radius 1 is 1.29 bits per heavy atom. The van der Waals surface area contributed by atoms with E-state index in [9.17, 15) is 4.79 Å². The first kappa shape index (κ1) is 25.6. The van der Waals surface area contributed by atoms with E-state index in [1.165, 1.54) is 25.1 Å². The Labute approximate surface area is 207 Å². The quantitative estimate of drug-likeness (QED) is 0.338. The Morgan fingerprint density at radius 2 is 2.06 bits per heavy atom. The monoisotopic (exact) mass is 507 g/mol. The molecule has 3 rings (SSSR count). The Balaban J connectivity index is 1.99. The number of amides is 1. The summed E-state index contributed by atoms with van der Waals surface area (Å²) in [5, 5.41) is 10.8. The molecule has 0 aliphatic rings. The number of rotatable bonds is 9. The summed E-state index contributed by atoms with van der Waals surface area (Å²) < 4.78 is 24.7. The van der Waals surface area contributed by atoms with Gasteiger partial charge in [-0.2, -0.15) is 5.10 Å². The van der Waals surface area contributed by atoms with Crippen molar-refractivity contribution in [2.24, 2.45) is 0 Å². The number of carbonyl (C=O) groups is 1. The van der Waals surface area contributed by atoms with Crippen LogP contribution < -0.4 is 15.4 Å². The number of halogens is 2. The molecule has 0 saturated heterocycles. The average molecular weight is 508 g/mol. The molecule has 0 spiro atoms. The van der Waals surface area contributed by atoms with Gasteiger partial charge in [-0.15, -0.1) is 0 Å². The molecule has 0 fully saturated rings. The van der Waals surface area contributed by atoms with E-state index < -0.39 is 11.9 Å². The van der Waals surface area contributed by atoms with Gasteiger partial charge in [-0.3, -0.25) is 4.68 Å². The molecule has 2 heterocycles. The number of methoxy groups -OCH3 is 1. The third-order valence-electron chi connectivity index (χ3n) is 4.81. The van der Waals surface area contributed by atoms with Crippen LogP contribution in [0.25, 0.3) is 22.5 Å². The lowest BCUT2D eigenvalue weighted by molar-refractivity contribution is 0.168. The minimum atomic E-state index is -0.520. The predicted molar refractivity (Wildman–Crippen MR) is 135 cm³/mol. The number of aromatic nitrogens is 4. The van der Waals surface area contributed by atoms with Crippen LogP contribution in [0.5, 0.6) is 0 Å². The van der Waals surface area contributed by atoms with Gasteiger partial charge in [0, 0.05) is 53.4 Å². The highest BCUT2D eigenvalue weighted by Gasteiger charge is 2.21. The molecule has 3 aromatic rings. The minimum Gasteiger partial charge on any atom is -0.453 e. The van der Waals surface area contributed by atoms with Crippen LogP contribution in [-0.2, 0) is 4.74 Å². The number of hydrogen-bond donors (Lipinski definition) is 3. The summed E-state index contributed by atoms with van der Waals surface area (Å²) >= 11 is 7.56. The first-order valence-electron chi connectivity index (χ1n) is 10.5. The van der Waals surface area contributed by atoms with Gasteiger partial charge in [-0.1, -0.05) is 23.5 Å². The Bertz CT molecular complexity index is 1160. The molecule has 1 atom stereocenters. The normalized spacial score (nSPS) is 11.9. The maximum absolute atomic E-state index is 15.4. The third-order valence-corrected chi connectivity index (χ3v) is 5.46. The summed E-state index contributed by atoms with van der Waals surface area (Å²) in [5.41, 5.74) is 2.16. The van der Waals surface area contributed by atoms with E-state index in [1.54, 1.807) is 29.3 Å². The molecule has 0 aliphatic heterocycles. The molecule has 1 amide bonds. The Morgan fingerprint density at radius 3 is 2.74 bits per heavy atom. The van der Waals surface area contributed by atoms with Crippen molar-refractivity contribution < 1.29 is 13.9 Å². The number of benzene rings is 1. The van der Waals surface area contributed by atoms with Crippen molar-refractivity contribution in [2.75, 3.05) is 29.9 Å². The lowest BCUT2D eigenvalue weighted by Crippen LogP contribution is -2.37. The molecule has 1 aromatic carbocycles. The molecule has 0 bridgehead atoms. The maximum Gasteiger partial charge on any atom is 0.407 e. The van der Waals surface area contributed by atoms with Gasteiger partial charge in [0.25, 0.3) is 0 Å². The van der Waals surface area contributed by atoms with Crippen LogP contribution in [0.2, 0.25) is 5.02 Å². The van der Waals surface area contributed by atoms with Crippen LogP contribution in [0.3, 0.4) is 0 Å². The van der Waals surface area contributed by atoms with Gasteiger partial charge in [0.1, 0.15) is 5.69 Å². The van der Waals surface area contributed by atoms with Crippen molar-refractivity contribution in [3.05, 3.63) is 41.4 Å². The molecule has 3 N–H and O–H groups in total. The Kier molecular flexibility index (Phi) is 8.56. The highest BCUT2D eigenvalue weighted by molar-refractivity contribution is 7.99. The standard InChI is InChI=1S/C22H27ClFN7O2S/c1-12(2)31-11-16(20(29-31)15-8-14(23)9-18(19(15)24)30-34-5)17-6-7-25-21(28-17)26-10-13(3)27-22(32)33-4/h6-9,11-13,30H,10H2,1-5H3,(H,27,32)(H,25,26,28). The predicted octanol–water partition coefficient (Wildman–Crippen LogP) is 5.23. The van der Waals surface area contributed by atoms with Crippen molar-refractivity contribution in [3.8, 4) is 22.5 Å². The highest BCUT2D eigenvalue weighted by atomic mass is 35.5. The fourth-order valence-electron chi connectivity index (χ4n) is 3.14. The van der Waals surface area contributed by atoms with Crippen LogP contribution in [0.4, 0.5) is 20.8 Å². The number of nitrogens with one attached hydrogen (secondary N) is 3. The number of alkyl carbamates (subject to hydrolysis) is 1. The lowest BCUT2D eigenvalue weighted by atomic mass is 10.0. The second-order valence-corrected chi connectivity index (χ2v) is 8.82. The third kappa shape index (κ3) is 6.09. The van der Waals surface area contributed by atoms with Crippen molar-refractivity contribution in [1.82, 2.24) is 25.1 Å². The van der Waals surface area contributed by atoms with Gasteiger partial charge < -0.3 is 20.1 Å². The fraction of sp³-hybridized carbons (Fsp3) is 0.364. The van der Waals surface area contributed by atoms with E-state index in [2.05, 4.69) is 35.2 Å². The van der Waals surface area contributed by atoms with Crippen molar-refractivity contribution >= 4 is 41.3 Å². The van der Waals surface area contributed by atoms with Gasteiger partial charge >= 0.3 is 6.09 Å². The highest BCUT2D eigenvalue weighted by Crippen LogP contribution is 2.37. The number of hydrogen-bond acceptors (Lipinski definition) is 8. The first-order valence-corrected chi connectivity index (χ1v) is 12.1. The van der Waals surface area contributed by atoms with Crippen LogP contribution >= 0.6 is 23.5 Å². The average Bonchev–Trinajstić information content (AvgIpc) is 3.26. The molecular formula is C22H27ClFN7O2S. The SMILES string of the molecule is COC(=O)NC(C)CNc1nccc(-c2cn(C(C)C)nc2-c2cc(Cl)cc(NSC)c2F)n1. The summed E-state index contributed by atoms with van der Waals surface area (Å²) in [5.74, 6) is -0.0975. The first-order chi connectivity index (χ1) is 16.2. The summed E-state index contributed by atoms with van der Waals surface area (Å²) in [6, 6.07) is 4.65. The molecule has 34 heavy (non-hydrogen) atoms. The van der Waals surface area contributed by atoms with E-state index in [0.717, 1.165) is 0 Å². The second-order valence-electron chi connectivity index (χ2n) is 7.77. The van der Waals surface area contributed by atoms with Gasteiger partial charge in [-0.05, 0) is 39.0 Å². The van der Waals surface area contributed by atoms with Crippen LogP contribution in [0, 0.1) is 5.82 Å². The zero-order valence-electron chi connectivity index (χ0n) is 19.5. The Hall–Kier alpha value is -3.05. The van der Waals surface area contributed by atoms with Crippen molar-refractivity contribution in [1.29, 1.82) is 0 Å². The summed E-state index contributed by atoms with van der Waals surface area (Å²) in [6.45, 7) is 6.17. The topological polar surface area (TPSA) is 106 Å². The molecule has 0 radical (unpaired) electrons. The maximum atomic E-state index is 15.4. The summed E-state index contributed by atoms with van der Waals surface area (Å²) in [6.07, 6.45) is 4.72. The molecule has 0 saturated carbocycles. The van der Waals surface area contributed by atoms with Gasteiger partial charge in [0.15, 0.2) is 5.82 Å². The summed E-state index contributed by atoms with van der Waals surface area (Å²) in [4.78, 5) is 20.2. The van der Waals surface area contributed by atoms with Crippen LogP contribution in [-0.4, -0.2) is 51.8 Å². The molecule has 182 valence electrons. The molecule has 9 nitrogen and oxygen atoms in total. The summed E-state index contributed by atoms with van der Waals surface area (Å²) in [7, 11) is 1.31. The van der Waals surface area contributed by atoms with Crippen molar-refractivity contribution in [2.45, 2.75) is 32.9 Å². The number of anilines is 2. The second kappa shape index (κ2) is 11.4. The zero-order chi connectivity index (χ0) is 24.8. The number of nitrogens with zero attached hydrogens (tertiary/aromatic N) is 4. The number of ether oxygens (including phenoxy) is 1. The zero-order valence-corrected chi connectivity index (χ0v) is 21.1. The minimum absolute atomic E-state index is 0.0446. The van der Waals surface area contributed by atoms with E-state index in [0.29, 0.717) is 34.5 Å². The fourth-order valence-corrected chi connectivity index (χ4v) is 3.72. The van der Waals surface area contributed by atoms with E-state index in [4.69, 9.17) is 11.6 Å². The van der Waals surface area contributed by atoms with Gasteiger partial charge in [-0.25, -0.2) is 19.2 Å². The smallest absolute Gasteiger partial charge is 0.407 e. The van der Waals surface area contributed by atoms with Gasteiger partial charge in [0.2, 0.25) is 5.95 Å². The molecule has 1 unspecified atom stereocenters.